The van der Waals surface area contributed by atoms with Gasteiger partial charge in [-0.1, -0.05) is 0 Å². The van der Waals surface area contributed by atoms with Gasteiger partial charge in [0.05, 0.1) is 27.9 Å². The smallest absolute Gasteiger partial charge is 0.191 e. The van der Waals surface area contributed by atoms with Crippen molar-refractivity contribution in [2.24, 2.45) is 12.0 Å². The van der Waals surface area contributed by atoms with Gasteiger partial charge in [0.2, 0.25) is 0 Å². The van der Waals surface area contributed by atoms with Crippen LogP contribution in [0.15, 0.2) is 35.6 Å². The molecule has 0 atom stereocenters. The van der Waals surface area contributed by atoms with Gasteiger partial charge in [0, 0.05) is 50.2 Å². The predicted molar refractivity (Wildman–Crippen MR) is 108 cm³/mol. The number of aromatic nitrogens is 1. The van der Waals surface area contributed by atoms with Crippen LogP contribution in [0.4, 0.5) is 0 Å². The Balaban J connectivity index is 2.03. The van der Waals surface area contributed by atoms with Crippen molar-refractivity contribution in [2.75, 3.05) is 34.4 Å². The van der Waals surface area contributed by atoms with Gasteiger partial charge in [0.15, 0.2) is 5.96 Å². The molecule has 0 radical (unpaired) electrons. The second-order valence-electron chi connectivity index (χ2n) is 6.07. The highest BCUT2D eigenvalue weighted by molar-refractivity contribution is 5.79. The Morgan fingerprint density at radius 3 is 2.30 bits per heavy atom. The van der Waals surface area contributed by atoms with Crippen LogP contribution in [-0.4, -0.2) is 44.9 Å². The van der Waals surface area contributed by atoms with E-state index in [2.05, 4.69) is 34.8 Å². The van der Waals surface area contributed by atoms with E-state index in [1.807, 2.05) is 29.9 Å². The van der Waals surface area contributed by atoms with E-state index in [0.29, 0.717) is 18.8 Å². The molecule has 0 amide bonds. The Kier molecular flexibility index (Phi) is 7.85. The minimum atomic E-state index is 0.630. The Bertz CT molecular complexity index is 730. The fraction of sp³-hybridized carbons (Fsp3) is 0.450. The summed E-state index contributed by atoms with van der Waals surface area (Å²) in [6.07, 6.45) is 4.82. The molecule has 0 aliphatic carbocycles. The average Bonchev–Trinajstić information content (AvgIpc) is 3.10. The third-order valence-electron chi connectivity index (χ3n) is 4.14. The third kappa shape index (κ3) is 5.84. The molecule has 27 heavy (non-hydrogen) atoms. The molecule has 0 saturated carbocycles. The standard InChI is InChI=1S/C20H30N4O3/c1-6-21-20(23-13-15-8-10-24(2)14-15)22-9-7-17-18(26-4)11-16(25-3)12-19(17)27-5/h8,10-12,14H,6-7,9,13H2,1-5H3,(H2,21,22,23). The van der Waals surface area contributed by atoms with E-state index in [0.717, 1.165) is 36.0 Å². The summed E-state index contributed by atoms with van der Waals surface area (Å²) in [5.74, 6) is 2.99. The summed E-state index contributed by atoms with van der Waals surface area (Å²) in [7, 11) is 6.93. The van der Waals surface area contributed by atoms with Crippen molar-refractivity contribution >= 4 is 5.96 Å². The molecular formula is C20H30N4O3. The quantitative estimate of drug-likeness (QED) is 0.521. The number of nitrogens with zero attached hydrogens (tertiary/aromatic N) is 2. The lowest BCUT2D eigenvalue weighted by atomic mass is 10.1. The zero-order valence-electron chi connectivity index (χ0n) is 16.8. The first-order valence-corrected chi connectivity index (χ1v) is 9.03. The summed E-state index contributed by atoms with van der Waals surface area (Å²) < 4.78 is 18.3. The topological polar surface area (TPSA) is 69.0 Å². The Morgan fingerprint density at radius 1 is 1.07 bits per heavy atom. The molecule has 0 spiro atoms. The lowest BCUT2D eigenvalue weighted by molar-refractivity contribution is 0.368. The molecule has 0 saturated heterocycles. The number of methoxy groups -OCH3 is 3. The van der Waals surface area contributed by atoms with Gasteiger partial charge in [-0.25, -0.2) is 4.99 Å². The lowest BCUT2D eigenvalue weighted by Crippen LogP contribution is -2.38. The maximum Gasteiger partial charge on any atom is 0.191 e. The van der Waals surface area contributed by atoms with Crippen molar-refractivity contribution in [1.82, 2.24) is 15.2 Å². The van der Waals surface area contributed by atoms with E-state index in [9.17, 15) is 0 Å². The van der Waals surface area contributed by atoms with E-state index in [1.165, 1.54) is 5.56 Å². The van der Waals surface area contributed by atoms with Crippen LogP contribution in [0.25, 0.3) is 0 Å². The van der Waals surface area contributed by atoms with Crippen LogP contribution in [0.3, 0.4) is 0 Å². The summed E-state index contributed by atoms with van der Waals surface area (Å²) in [4.78, 5) is 4.64. The number of aryl methyl sites for hydroxylation is 1. The SMILES string of the molecule is CCNC(=NCc1ccn(C)c1)NCCc1c(OC)cc(OC)cc1OC. The second-order valence-corrected chi connectivity index (χ2v) is 6.07. The van der Waals surface area contributed by atoms with Crippen molar-refractivity contribution in [1.29, 1.82) is 0 Å². The predicted octanol–water partition coefficient (Wildman–Crippen LogP) is 2.35. The summed E-state index contributed by atoms with van der Waals surface area (Å²) in [5, 5.41) is 6.64. The summed E-state index contributed by atoms with van der Waals surface area (Å²) in [6, 6.07) is 5.80. The molecule has 2 rings (SSSR count). The molecule has 7 heteroatoms. The molecule has 0 aliphatic heterocycles. The van der Waals surface area contributed by atoms with Gasteiger partial charge in [-0.3, -0.25) is 0 Å². The number of hydrogen-bond donors (Lipinski definition) is 2. The minimum absolute atomic E-state index is 0.630. The molecule has 7 nitrogen and oxygen atoms in total. The molecule has 1 aromatic heterocycles. The number of nitrogens with one attached hydrogen (secondary N) is 2. The Morgan fingerprint density at radius 2 is 1.78 bits per heavy atom. The van der Waals surface area contributed by atoms with Crippen molar-refractivity contribution < 1.29 is 14.2 Å². The van der Waals surface area contributed by atoms with E-state index < -0.39 is 0 Å². The van der Waals surface area contributed by atoms with Gasteiger partial charge < -0.3 is 29.4 Å². The number of aliphatic imine (C=N–C) groups is 1. The summed E-state index contributed by atoms with van der Waals surface area (Å²) in [6.45, 7) is 4.18. The van der Waals surface area contributed by atoms with E-state index in [4.69, 9.17) is 14.2 Å². The Hall–Kier alpha value is -2.83. The lowest BCUT2D eigenvalue weighted by Gasteiger charge is -2.16. The first kappa shape index (κ1) is 20.5. The second kappa shape index (κ2) is 10.4. The fourth-order valence-corrected chi connectivity index (χ4v) is 2.80. The monoisotopic (exact) mass is 374 g/mol. The number of hydrogen-bond acceptors (Lipinski definition) is 4. The van der Waals surface area contributed by atoms with Crippen LogP contribution in [0, 0.1) is 0 Å². The first-order chi connectivity index (χ1) is 13.1. The van der Waals surface area contributed by atoms with Crippen LogP contribution in [0.1, 0.15) is 18.1 Å². The maximum atomic E-state index is 5.51. The normalized spacial score (nSPS) is 11.2. The molecule has 1 heterocycles. The van der Waals surface area contributed by atoms with Crippen LogP contribution in [0.5, 0.6) is 17.2 Å². The van der Waals surface area contributed by atoms with Crippen LogP contribution < -0.4 is 24.8 Å². The molecule has 0 bridgehead atoms. The van der Waals surface area contributed by atoms with Gasteiger partial charge in [0.25, 0.3) is 0 Å². The molecule has 0 fully saturated rings. The average molecular weight is 374 g/mol. The summed E-state index contributed by atoms with van der Waals surface area (Å²) in [5.41, 5.74) is 2.17. The molecule has 2 aromatic rings. The van der Waals surface area contributed by atoms with Crippen molar-refractivity contribution in [3.05, 3.63) is 41.7 Å². The molecule has 2 N–H and O–H groups in total. The van der Waals surface area contributed by atoms with Gasteiger partial charge >= 0.3 is 0 Å². The third-order valence-corrected chi connectivity index (χ3v) is 4.14. The van der Waals surface area contributed by atoms with Crippen LogP contribution in [-0.2, 0) is 20.0 Å². The Labute approximate surface area is 161 Å². The number of rotatable bonds is 9. The fourth-order valence-electron chi connectivity index (χ4n) is 2.80. The molecule has 148 valence electrons. The van der Waals surface area contributed by atoms with E-state index in [-0.39, 0.29) is 0 Å². The van der Waals surface area contributed by atoms with E-state index in [1.54, 1.807) is 21.3 Å². The molecule has 1 aromatic carbocycles. The summed E-state index contributed by atoms with van der Waals surface area (Å²) >= 11 is 0. The first-order valence-electron chi connectivity index (χ1n) is 9.03. The number of guanidine groups is 1. The largest absolute Gasteiger partial charge is 0.496 e. The van der Waals surface area contributed by atoms with Crippen molar-refractivity contribution in [3.63, 3.8) is 0 Å². The van der Waals surface area contributed by atoms with E-state index >= 15 is 0 Å². The molecule has 0 unspecified atom stereocenters. The van der Waals surface area contributed by atoms with Gasteiger partial charge in [-0.2, -0.15) is 0 Å². The minimum Gasteiger partial charge on any atom is -0.496 e. The van der Waals surface area contributed by atoms with Crippen LogP contribution >= 0.6 is 0 Å². The highest BCUT2D eigenvalue weighted by atomic mass is 16.5. The number of ether oxygens (including phenoxy) is 3. The highest BCUT2D eigenvalue weighted by Gasteiger charge is 2.13. The van der Waals surface area contributed by atoms with Crippen molar-refractivity contribution in [3.8, 4) is 17.2 Å². The van der Waals surface area contributed by atoms with Gasteiger partial charge in [-0.15, -0.1) is 0 Å². The highest BCUT2D eigenvalue weighted by Crippen LogP contribution is 2.34. The maximum absolute atomic E-state index is 5.51. The van der Waals surface area contributed by atoms with Crippen molar-refractivity contribution in [2.45, 2.75) is 19.9 Å². The molecular weight excluding hydrogens is 344 g/mol. The number of benzene rings is 1. The molecule has 0 aliphatic rings. The van der Waals surface area contributed by atoms with Gasteiger partial charge in [-0.05, 0) is 25.0 Å². The zero-order chi connectivity index (χ0) is 19.6. The zero-order valence-corrected chi connectivity index (χ0v) is 16.8. The van der Waals surface area contributed by atoms with Gasteiger partial charge in [0.1, 0.15) is 17.2 Å². The van der Waals surface area contributed by atoms with Crippen LogP contribution in [0.2, 0.25) is 0 Å².